The summed E-state index contributed by atoms with van der Waals surface area (Å²) in [7, 11) is -3.50. The van der Waals surface area contributed by atoms with Crippen molar-refractivity contribution in [2.45, 2.75) is 18.9 Å². The van der Waals surface area contributed by atoms with Gasteiger partial charge in [0.2, 0.25) is 10.0 Å². The maximum atomic E-state index is 12.1. The van der Waals surface area contributed by atoms with Gasteiger partial charge in [-0.25, -0.2) is 8.42 Å². The Morgan fingerprint density at radius 2 is 1.95 bits per heavy atom. The van der Waals surface area contributed by atoms with Crippen LogP contribution in [0.4, 0.5) is 5.69 Å². The lowest BCUT2D eigenvalue weighted by atomic mass is 10.1. The molecule has 0 spiro atoms. The molecule has 112 valence electrons. The SMILES string of the molecule is O=C1NC(=O)c2cc(NS(=O)(=O)CC3CCCN3)ccc21. The first-order valence-corrected chi connectivity index (χ1v) is 8.33. The molecule has 0 radical (unpaired) electrons. The minimum Gasteiger partial charge on any atom is -0.313 e. The largest absolute Gasteiger partial charge is 0.313 e. The normalized spacial score (nSPS) is 21.2. The fraction of sp³-hybridized carbons (Fsp3) is 0.385. The van der Waals surface area contributed by atoms with Gasteiger partial charge in [-0.15, -0.1) is 0 Å². The van der Waals surface area contributed by atoms with Crippen molar-refractivity contribution in [1.29, 1.82) is 0 Å². The summed E-state index contributed by atoms with van der Waals surface area (Å²) in [5.74, 6) is -0.969. The van der Waals surface area contributed by atoms with E-state index in [1.807, 2.05) is 0 Å². The first kappa shape index (κ1) is 14.0. The summed E-state index contributed by atoms with van der Waals surface area (Å²) in [5, 5.41) is 5.29. The molecule has 8 heteroatoms. The quantitative estimate of drug-likeness (QED) is 0.682. The predicted molar refractivity (Wildman–Crippen MR) is 76.7 cm³/mol. The summed E-state index contributed by atoms with van der Waals surface area (Å²) >= 11 is 0. The van der Waals surface area contributed by atoms with Gasteiger partial charge in [0.15, 0.2) is 0 Å². The summed E-state index contributed by atoms with van der Waals surface area (Å²) < 4.78 is 26.6. The minimum atomic E-state index is -3.50. The van der Waals surface area contributed by atoms with Gasteiger partial charge in [-0.2, -0.15) is 0 Å². The van der Waals surface area contributed by atoms with Gasteiger partial charge in [0, 0.05) is 11.7 Å². The van der Waals surface area contributed by atoms with Crippen molar-refractivity contribution in [2.75, 3.05) is 17.0 Å². The second-order valence-corrected chi connectivity index (χ2v) is 6.99. The van der Waals surface area contributed by atoms with Gasteiger partial charge in [0.1, 0.15) is 0 Å². The second-order valence-electron chi connectivity index (χ2n) is 5.22. The molecule has 1 unspecified atom stereocenters. The molecule has 2 heterocycles. The molecule has 2 aliphatic heterocycles. The van der Waals surface area contributed by atoms with Crippen molar-refractivity contribution in [3.05, 3.63) is 29.3 Å². The van der Waals surface area contributed by atoms with E-state index in [0.29, 0.717) is 0 Å². The number of sulfonamides is 1. The van der Waals surface area contributed by atoms with Gasteiger partial charge in [-0.1, -0.05) is 0 Å². The lowest BCUT2D eigenvalue weighted by Crippen LogP contribution is -2.32. The lowest BCUT2D eigenvalue weighted by Gasteiger charge is -2.13. The number of benzene rings is 1. The maximum absolute atomic E-state index is 12.1. The van der Waals surface area contributed by atoms with E-state index in [2.05, 4.69) is 15.4 Å². The van der Waals surface area contributed by atoms with Crippen LogP contribution in [0, 0.1) is 0 Å². The van der Waals surface area contributed by atoms with E-state index in [1.165, 1.54) is 18.2 Å². The van der Waals surface area contributed by atoms with Gasteiger partial charge in [-0.3, -0.25) is 19.6 Å². The smallest absolute Gasteiger partial charge is 0.259 e. The average Bonchev–Trinajstić information content (AvgIpc) is 2.98. The first-order valence-electron chi connectivity index (χ1n) is 6.68. The van der Waals surface area contributed by atoms with Crippen LogP contribution in [0.15, 0.2) is 18.2 Å². The molecule has 1 saturated heterocycles. The summed E-state index contributed by atoms with van der Waals surface area (Å²) in [5.41, 5.74) is 0.746. The molecular formula is C13H15N3O4S. The molecule has 1 fully saturated rings. The van der Waals surface area contributed by atoms with E-state index >= 15 is 0 Å². The Labute approximate surface area is 122 Å². The third kappa shape index (κ3) is 2.91. The molecule has 3 rings (SSSR count). The van der Waals surface area contributed by atoms with Crippen molar-refractivity contribution < 1.29 is 18.0 Å². The van der Waals surface area contributed by atoms with Gasteiger partial charge in [0.05, 0.1) is 16.9 Å². The number of nitrogens with one attached hydrogen (secondary N) is 3. The van der Waals surface area contributed by atoms with E-state index in [9.17, 15) is 18.0 Å². The van der Waals surface area contributed by atoms with Gasteiger partial charge >= 0.3 is 0 Å². The van der Waals surface area contributed by atoms with E-state index in [-0.39, 0.29) is 28.6 Å². The molecular weight excluding hydrogens is 294 g/mol. The molecule has 7 nitrogen and oxygen atoms in total. The van der Waals surface area contributed by atoms with Crippen molar-refractivity contribution in [3.63, 3.8) is 0 Å². The number of imide groups is 1. The van der Waals surface area contributed by atoms with Gasteiger partial charge in [-0.05, 0) is 37.6 Å². The molecule has 0 aliphatic carbocycles. The van der Waals surface area contributed by atoms with Crippen LogP contribution in [-0.4, -0.2) is 38.6 Å². The monoisotopic (exact) mass is 309 g/mol. The first-order chi connectivity index (χ1) is 9.94. The zero-order valence-corrected chi connectivity index (χ0v) is 12.0. The molecule has 0 saturated carbocycles. The highest BCUT2D eigenvalue weighted by atomic mass is 32.2. The predicted octanol–water partition coefficient (Wildman–Crippen LogP) is 0.0639. The van der Waals surface area contributed by atoms with E-state index in [0.717, 1.165) is 19.4 Å². The van der Waals surface area contributed by atoms with Crippen LogP contribution < -0.4 is 15.4 Å². The van der Waals surface area contributed by atoms with Crippen LogP contribution in [0.1, 0.15) is 33.6 Å². The zero-order chi connectivity index (χ0) is 15.0. The van der Waals surface area contributed by atoms with E-state index < -0.39 is 21.8 Å². The second kappa shape index (κ2) is 5.12. The zero-order valence-electron chi connectivity index (χ0n) is 11.2. The van der Waals surface area contributed by atoms with Crippen molar-refractivity contribution in [2.24, 2.45) is 0 Å². The summed E-state index contributed by atoms with van der Waals surface area (Å²) in [6.45, 7) is 0.835. The van der Waals surface area contributed by atoms with E-state index in [4.69, 9.17) is 0 Å². The standard InChI is InChI=1S/C13H15N3O4S/c17-12-10-4-3-8(6-11(10)13(18)15-12)16-21(19,20)7-9-2-1-5-14-9/h3-4,6,9,14,16H,1-2,5,7H2,(H,15,17,18). The van der Waals surface area contributed by atoms with Crippen molar-refractivity contribution in [1.82, 2.24) is 10.6 Å². The fourth-order valence-electron chi connectivity index (χ4n) is 2.62. The van der Waals surface area contributed by atoms with Crippen LogP contribution in [-0.2, 0) is 10.0 Å². The number of carbonyl (C=O) groups excluding carboxylic acids is 2. The highest BCUT2D eigenvalue weighted by molar-refractivity contribution is 7.92. The van der Waals surface area contributed by atoms with Gasteiger partial charge < -0.3 is 5.32 Å². The van der Waals surface area contributed by atoms with Crippen molar-refractivity contribution in [3.8, 4) is 0 Å². The highest BCUT2D eigenvalue weighted by Crippen LogP contribution is 2.21. The Morgan fingerprint density at radius 3 is 2.67 bits per heavy atom. The number of anilines is 1. The number of carbonyl (C=O) groups is 2. The molecule has 3 N–H and O–H groups in total. The van der Waals surface area contributed by atoms with Crippen molar-refractivity contribution >= 4 is 27.5 Å². The Morgan fingerprint density at radius 1 is 1.19 bits per heavy atom. The third-order valence-corrected chi connectivity index (χ3v) is 4.98. The fourth-order valence-corrected chi connectivity index (χ4v) is 4.00. The Balaban J connectivity index is 1.77. The number of rotatable bonds is 4. The van der Waals surface area contributed by atoms with Crippen LogP contribution in [0.2, 0.25) is 0 Å². The van der Waals surface area contributed by atoms with Crippen LogP contribution >= 0.6 is 0 Å². The molecule has 0 bridgehead atoms. The molecule has 0 aromatic heterocycles. The number of fused-ring (bicyclic) bond motifs is 1. The molecule has 21 heavy (non-hydrogen) atoms. The van der Waals surface area contributed by atoms with Crippen LogP contribution in [0.3, 0.4) is 0 Å². The molecule has 1 aromatic rings. The number of hydrogen-bond acceptors (Lipinski definition) is 5. The maximum Gasteiger partial charge on any atom is 0.259 e. The summed E-state index contributed by atoms with van der Waals surface area (Å²) in [6.07, 6.45) is 1.81. The Hall–Kier alpha value is -1.93. The molecule has 1 aromatic carbocycles. The third-order valence-electron chi connectivity index (χ3n) is 3.59. The summed E-state index contributed by atoms with van der Waals surface area (Å²) in [6, 6.07) is 4.27. The minimum absolute atomic E-state index is 0.00475. The molecule has 1 atom stereocenters. The number of amides is 2. The Kier molecular flexibility index (Phi) is 3.42. The van der Waals surface area contributed by atoms with Crippen LogP contribution in [0.25, 0.3) is 0 Å². The summed E-state index contributed by atoms with van der Waals surface area (Å²) in [4.78, 5) is 23.0. The lowest BCUT2D eigenvalue weighted by molar-refractivity contribution is 0.0879. The highest BCUT2D eigenvalue weighted by Gasteiger charge is 2.27. The van der Waals surface area contributed by atoms with Crippen LogP contribution in [0.5, 0.6) is 0 Å². The topological polar surface area (TPSA) is 104 Å². The Bertz CT molecular complexity index is 708. The number of hydrogen-bond donors (Lipinski definition) is 3. The average molecular weight is 309 g/mol. The molecule has 2 aliphatic rings. The molecule has 2 amide bonds. The van der Waals surface area contributed by atoms with E-state index in [1.54, 1.807) is 0 Å². The van der Waals surface area contributed by atoms with Gasteiger partial charge in [0.25, 0.3) is 11.8 Å².